The van der Waals surface area contributed by atoms with E-state index in [-0.39, 0.29) is 17.4 Å². The van der Waals surface area contributed by atoms with E-state index in [9.17, 15) is 4.39 Å². The highest BCUT2D eigenvalue weighted by Gasteiger charge is 2.07. The van der Waals surface area contributed by atoms with Gasteiger partial charge >= 0.3 is 0 Å². The van der Waals surface area contributed by atoms with Gasteiger partial charge in [-0.2, -0.15) is 0 Å². The minimum absolute atomic E-state index is 0.0452. The van der Waals surface area contributed by atoms with Crippen LogP contribution in [0, 0.1) is 5.82 Å². The molecule has 1 aromatic carbocycles. The van der Waals surface area contributed by atoms with Gasteiger partial charge in [0.15, 0.2) is 11.6 Å². The van der Waals surface area contributed by atoms with E-state index < -0.39 is 5.82 Å². The fraction of sp³-hybridized carbons (Fsp3) is 0.200. The van der Waals surface area contributed by atoms with Crippen molar-refractivity contribution in [3.05, 3.63) is 41.2 Å². The van der Waals surface area contributed by atoms with Crippen molar-refractivity contribution in [3.8, 4) is 5.75 Å². The summed E-state index contributed by atoms with van der Waals surface area (Å²) in [5.74, 6) is -0.439. The van der Waals surface area contributed by atoms with Crippen molar-refractivity contribution < 1.29 is 9.13 Å². The Morgan fingerprint density at radius 1 is 1.57 bits per heavy atom. The second-order valence-electron chi connectivity index (χ2n) is 2.79. The first kappa shape index (κ1) is 11.0. The summed E-state index contributed by atoms with van der Waals surface area (Å²) >= 11 is 5.73. The molecular weight excluding hydrogens is 205 g/mol. The van der Waals surface area contributed by atoms with Gasteiger partial charge in [-0.1, -0.05) is 24.2 Å². The Labute approximate surface area is 87.1 Å². The van der Waals surface area contributed by atoms with Crippen LogP contribution in [-0.2, 0) is 0 Å². The number of ether oxygens (including phenoxy) is 1. The van der Waals surface area contributed by atoms with Gasteiger partial charge in [0.1, 0.15) is 6.61 Å². The summed E-state index contributed by atoms with van der Waals surface area (Å²) in [6, 6.07) is 4.36. The van der Waals surface area contributed by atoms with Crippen molar-refractivity contribution in [1.29, 1.82) is 0 Å². The molecule has 1 rings (SSSR count). The number of nitrogens with two attached hydrogens (primary N) is 1. The molecule has 0 bridgehead atoms. The topological polar surface area (TPSA) is 35.2 Å². The van der Waals surface area contributed by atoms with Crippen LogP contribution in [0.3, 0.4) is 0 Å². The molecule has 0 aliphatic carbocycles. The van der Waals surface area contributed by atoms with E-state index >= 15 is 0 Å². The predicted molar refractivity (Wildman–Crippen MR) is 55.1 cm³/mol. The molecule has 0 spiro atoms. The Hall–Kier alpha value is -1.06. The van der Waals surface area contributed by atoms with E-state index in [4.69, 9.17) is 22.1 Å². The van der Waals surface area contributed by atoms with Gasteiger partial charge in [0.25, 0.3) is 0 Å². The maximum absolute atomic E-state index is 13.1. The molecule has 1 aromatic rings. The highest BCUT2D eigenvalue weighted by atomic mass is 35.5. The first-order valence-corrected chi connectivity index (χ1v) is 4.46. The van der Waals surface area contributed by atoms with E-state index in [0.717, 1.165) is 0 Å². The second-order valence-corrected chi connectivity index (χ2v) is 3.20. The van der Waals surface area contributed by atoms with Crippen molar-refractivity contribution >= 4 is 11.6 Å². The lowest BCUT2D eigenvalue weighted by molar-refractivity contribution is 0.331. The summed E-state index contributed by atoms with van der Waals surface area (Å²) < 4.78 is 18.3. The van der Waals surface area contributed by atoms with Gasteiger partial charge in [0, 0.05) is 6.54 Å². The highest BCUT2D eigenvalue weighted by molar-refractivity contribution is 6.32. The lowest BCUT2D eigenvalue weighted by Gasteiger charge is -2.09. The Balaban J connectivity index is 2.71. The van der Waals surface area contributed by atoms with Crippen LogP contribution in [0.15, 0.2) is 30.4 Å². The first-order chi connectivity index (χ1) is 6.65. The van der Waals surface area contributed by atoms with E-state index in [1.54, 1.807) is 6.07 Å². The largest absolute Gasteiger partial charge is 0.485 e. The molecule has 0 saturated heterocycles. The molecule has 0 atom stereocenters. The SMILES string of the molecule is C=C(CN)COc1c(F)cccc1Cl. The zero-order valence-corrected chi connectivity index (χ0v) is 8.35. The van der Waals surface area contributed by atoms with Crippen LogP contribution in [0.4, 0.5) is 4.39 Å². The van der Waals surface area contributed by atoms with Crippen LogP contribution in [-0.4, -0.2) is 13.2 Å². The average Bonchev–Trinajstić information content (AvgIpc) is 2.16. The van der Waals surface area contributed by atoms with Crippen LogP contribution < -0.4 is 10.5 Å². The Morgan fingerprint density at radius 2 is 2.29 bits per heavy atom. The quantitative estimate of drug-likeness (QED) is 0.783. The normalized spacial score (nSPS) is 9.93. The van der Waals surface area contributed by atoms with Crippen molar-refractivity contribution in [2.24, 2.45) is 5.73 Å². The van der Waals surface area contributed by atoms with Gasteiger partial charge in [0.2, 0.25) is 0 Å². The van der Waals surface area contributed by atoms with Crippen molar-refractivity contribution in [2.75, 3.05) is 13.2 Å². The van der Waals surface area contributed by atoms with Crippen LogP contribution >= 0.6 is 11.6 Å². The molecule has 76 valence electrons. The predicted octanol–water partition coefficient (Wildman–Crippen LogP) is 2.37. The van der Waals surface area contributed by atoms with Gasteiger partial charge in [0.05, 0.1) is 5.02 Å². The number of halogens is 2. The number of benzene rings is 1. The third-order valence-electron chi connectivity index (χ3n) is 1.63. The monoisotopic (exact) mass is 215 g/mol. The molecule has 0 aliphatic heterocycles. The summed E-state index contributed by atoms with van der Waals surface area (Å²) in [6.07, 6.45) is 0. The van der Waals surface area contributed by atoms with Crippen molar-refractivity contribution in [2.45, 2.75) is 0 Å². The van der Waals surface area contributed by atoms with Gasteiger partial charge in [-0.15, -0.1) is 0 Å². The summed E-state index contributed by atoms with van der Waals surface area (Å²) in [7, 11) is 0. The highest BCUT2D eigenvalue weighted by Crippen LogP contribution is 2.27. The maximum atomic E-state index is 13.1. The molecule has 0 fully saturated rings. The lowest BCUT2D eigenvalue weighted by atomic mass is 10.3. The van der Waals surface area contributed by atoms with Crippen molar-refractivity contribution in [3.63, 3.8) is 0 Å². The van der Waals surface area contributed by atoms with Gasteiger partial charge in [-0.3, -0.25) is 0 Å². The number of para-hydroxylation sites is 1. The molecular formula is C10H11ClFNO. The van der Waals surface area contributed by atoms with E-state index in [1.807, 2.05) is 0 Å². The lowest BCUT2D eigenvalue weighted by Crippen LogP contribution is -2.10. The Morgan fingerprint density at radius 3 is 2.86 bits per heavy atom. The average molecular weight is 216 g/mol. The smallest absolute Gasteiger partial charge is 0.173 e. The first-order valence-electron chi connectivity index (χ1n) is 4.08. The van der Waals surface area contributed by atoms with Gasteiger partial charge in [-0.05, 0) is 17.7 Å². The molecule has 0 amide bonds. The summed E-state index contributed by atoms with van der Waals surface area (Å²) in [6.45, 7) is 4.12. The van der Waals surface area contributed by atoms with Crippen LogP contribution in [0.1, 0.15) is 0 Å². The minimum atomic E-state index is -0.484. The van der Waals surface area contributed by atoms with E-state index in [2.05, 4.69) is 6.58 Å². The molecule has 0 unspecified atom stereocenters. The second kappa shape index (κ2) is 4.98. The van der Waals surface area contributed by atoms with Gasteiger partial charge in [-0.25, -0.2) is 4.39 Å². The summed E-state index contributed by atoms with van der Waals surface area (Å²) in [4.78, 5) is 0. The molecule has 0 aliphatic rings. The number of hydrogen-bond donors (Lipinski definition) is 1. The fourth-order valence-electron chi connectivity index (χ4n) is 0.854. The third-order valence-corrected chi connectivity index (χ3v) is 1.93. The Kier molecular flexibility index (Phi) is 3.92. The molecule has 0 radical (unpaired) electrons. The molecule has 4 heteroatoms. The fourth-order valence-corrected chi connectivity index (χ4v) is 1.07. The van der Waals surface area contributed by atoms with E-state index in [0.29, 0.717) is 12.1 Å². The molecule has 2 nitrogen and oxygen atoms in total. The molecule has 0 aromatic heterocycles. The van der Waals surface area contributed by atoms with Crippen LogP contribution in [0.5, 0.6) is 5.75 Å². The molecule has 0 heterocycles. The minimum Gasteiger partial charge on any atom is -0.485 e. The van der Waals surface area contributed by atoms with E-state index in [1.165, 1.54) is 12.1 Å². The zero-order valence-electron chi connectivity index (χ0n) is 7.59. The van der Waals surface area contributed by atoms with Crippen LogP contribution in [0.2, 0.25) is 5.02 Å². The Bertz CT molecular complexity index is 321. The molecule has 0 saturated carbocycles. The number of rotatable bonds is 4. The summed E-state index contributed by atoms with van der Waals surface area (Å²) in [5.41, 5.74) is 5.99. The zero-order chi connectivity index (χ0) is 10.6. The maximum Gasteiger partial charge on any atom is 0.173 e. The molecule has 2 N–H and O–H groups in total. The standard InChI is InChI=1S/C10H11ClFNO/c1-7(5-13)6-14-10-8(11)3-2-4-9(10)12/h2-4H,1,5-6,13H2. The third kappa shape index (κ3) is 2.72. The number of hydrogen-bond acceptors (Lipinski definition) is 2. The van der Waals surface area contributed by atoms with Crippen LogP contribution in [0.25, 0.3) is 0 Å². The molecule has 14 heavy (non-hydrogen) atoms. The van der Waals surface area contributed by atoms with Crippen molar-refractivity contribution in [1.82, 2.24) is 0 Å². The summed E-state index contributed by atoms with van der Waals surface area (Å²) in [5, 5.41) is 0.245. The van der Waals surface area contributed by atoms with Gasteiger partial charge < -0.3 is 10.5 Å².